The fourth-order valence-corrected chi connectivity index (χ4v) is 21.8. The minimum Gasteiger partial charge on any atom is -0.465 e. The Kier molecular flexibility index (Phi) is 14.4. The van der Waals surface area contributed by atoms with Crippen molar-refractivity contribution in [1.82, 2.24) is 29.8 Å². The molecule has 1 aliphatic rings. The average molecular weight is 841 g/mol. The van der Waals surface area contributed by atoms with E-state index in [2.05, 4.69) is 51.0 Å². The predicted molar refractivity (Wildman–Crippen MR) is 191 cm³/mol. The molecule has 4 aromatic rings. The molecule has 2 N–H and O–H groups in total. The molecule has 1 saturated heterocycles. The number of carboxylic acid groups (broad SMARTS) is 1. The normalized spacial score (nSPS) is 15.0. The fourth-order valence-electron chi connectivity index (χ4n) is 6.40. The number of likely N-dealkylation sites (tertiary alicyclic amines) is 1. The molecule has 1 aliphatic heterocycles. The minimum absolute atomic E-state index is 0.126. The Morgan fingerprint density at radius 1 is 0.788 bits per heavy atom. The summed E-state index contributed by atoms with van der Waals surface area (Å²) in [6, 6.07) is 5.05. The number of nitrogens with zero attached hydrogens (tertiary/aromatic N) is 6. The molecule has 1 atom stereocenters. The van der Waals surface area contributed by atoms with Crippen LogP contribution in [-0.2, 0) is 12.4 Å². The number of unbranched alkanes of at least 4 members (excludes halogenated alkanes) is 3. The first-order chi connectivity index (χ1) is 24.7. The van der Waals surface area contributed by atoms with E-state index in [9.17, 15) is 31.1 Å². The van der Waals surface area contributed by atoms with E-state index >= 15 is 0 Å². The molecular weight excluding hydrogens is 795 g/mol. The van der Waals surface area contributed by atoms with Gasteiger partial charge in [-0.2, -0.15) is 13.2 Å². The van der Waals surface area contributed by atoms with Crippen LogP contribution in [0.4, 0.5) is 37.0 Å². The Balaban J connectivity index is 0.000000240. The molecule has 0 radical (unpaired) electrons. The van der Waals surface area contributed by atoms with Crippen molar-refractivity contribution in [1.29, 1.82) is 0 Å². The molecule has 5 heterocycles. The second kappa shape index (κ2) is 18.3. The van der Waals surface area contributed by atoms with Gasteiger partial charge in [0.05, 0.1) is 11.3 Å². The summed E-state index contributed by atoms with van der Waals surface area (Å²) < 4.78 is 81.5. The van der Waals surface area contributed by atoms with E-state index in [0.29, 0.717) is 47.6 Å². The second-order valence-corrected chi connectivity index (χ2v) is 26.1. The molecule has 1 fully saturated rings. The fraction of sp³-hybridized carbons (Fsp3) is 0.500. The molecule has 52 heavy (non-hydrogen) atoms. The number of halogens is 6. The number of anilines is 1. The van der Waals surface area contributed by atoms with Gasteiger partial charge >= 0.3 is 155 Å². The second-order valence-electron chi connectivity index (χ2n) is 13.1. The number of pyridine rings is 3. The van der Waals surface area contributed by atoms with Crippen molar-refractivity contribution in [3.63, 3.8) is 0 Å². The zero-order valence-corrected chi connectivity index (χ0v) is 32.4. The zero-order chi connectivity index (χ0) is 37.9. The summed E-state index contributed by atoms with van der Waals surface area (Å²) in [6.45, 7) is 7.31. The van der Waals surface area contributed by atoms with Gasteiger partial charge in [-0.05, 0) is 18.6 Å². The number of hydrogen-bond acceptors (Lipinski definition) is 7. The van der Waals surface area contributed by atoms with Gasteiger partial charge in [0.15, 0.2) is 5.82 Å². The number of amides is 1. The van der Waals surface area contributed by atoms with Crippen LogP contribution in [0, 0.1) is 0 Å². The number of carbonyl (C=O) groups is 1. The third-order valence-corrected chi connectivity index (χ3v) is 24.5. The maximum atomic E-state index is 12.8. The molecule has 0 saturated carbocycles. The largest absolute Gasteiger partial charge is 0.465 e. The van der Waals surface area contributed by atoms with Gasteiger partial charge in [-0.15, -0.1) is 0 Å². The van der Waals surface area contributed by atoms with Crippen LogP contribution in [-0.4, -0.2) is 78.5 Å². The number of alkyl halides is 6. The van der Waals surface area contributed by atoms with Crippen LogP contribution in [0.2, 0.25) is 13.3 Å². The van der Waals surface area contributed by atoms with Gasteiger partial charge in [0, 0.05) is 49.5 Å². The van der Waals surface area contributed by atoms with E-state index in [4.69, 9.17) is 5.11 Å². The molecule has 4 aromatic heterocycles. The van der Waals surface area contributed by atoms with Crippen molar-refractivity contribution in [2.45, 2.75) is 97.4 Å². The zero-order valence-electron chi connectivity index (χ0n) is 29.6. The van der Waals surface area contributed by atoms with E-state index in [1.165, 1.54) is 68.2 Å². The first-order valence-corrected chi connectivity index (χ1v) is 25.1. The van der Waals surface area contributed by atoms with Crippen LogP contribution in [0.1, 0.15) is 76.8 Å². The Labute approximate surface area is 303 Å². The summed E-state index contributed by atoms with van der Waals surface area (Å²) in [5.74, 6) is 0.431. The molecule has 0 bridgehead atoms. The summed E-state index contributed by atoms with van der Waals surface area (Å²) in [5.41, 5.74) is 0.146. The summed E-state index contributed by atoms with van der Waals surface area (Å²) in [6.07, 6.45) is 4.15. The molecule has 1 unspecified atom stereocenters. The number of fused-ring (bicyclic) bond motifs is 1. The van der Waals surface area contributed by atoms with Crippen molar-refractivity contribution in [3.05, 3.63) is 66.4 Å². The number of nitrogens with one attached hydrogen (secondary N) is 1. The standard InChI is InChI=1S/C18H15F3N6O2.C6H3F3N.3C4H9.Sn/c19-18(20,21)10-1-2-13(24-7-10)12-8-25-16(15-14(12)22-4-5-23-15)26-11-3-6-27(9-11)17(28)29;7-6(8,9)5-2-1-3-10-4-5;3*1-3-4-2;/h1-2,4-5,7-8,11H,3,6,9H2,(H,25,26)(H,28,29);1-2,4H;3*1,3-4H2,2H3;. The van der Waals surface area contributed by atoms with Crippen LogP contribution >= 0.6 is 0 Å². The van der Waals surface area contributed by atoms with Crippen LogP contribution < -0.4 is 9.03 Å². The van der Waals surface area contributed by atoms with Gasteiger partial charge in [-0.25, -0.2) is 14.8 Å². The van der Waals surface area contributed by atoms with Gasteiger partial charge in [0.1, 0.15) is 11.0 Å². The topological polar surface area (TPSA) is 117 Å². The summed E-state index contributed by atoms with van der Waals surface area (Å²) in [7, 11) is 0. The molecular formula is C36H45F6N7O2Sn. The van der Waals surface area contributed by atoms with Crippen molar-refractivity contribution in [3.8, 4) is 11.3 Å². The molecule has 282 valence electrons. The van der Waals surface area contributed by atoms with Gasteiger partial charge < -0.3 is 15.3 Å². The Hall–Kier alpha value is -3.76. The maximum absolute atomic E-state index is 12.8. The van der Waals surface area contributed by atoms with Crippen LogP contribution in [0.3, 0.4) is 0 Å². The third kappa shape index (κ3) is 10.7. The molecule has 0 spiro atoms. The monoisotopic (exact) mass is 841 g/mol. The number of hydrogen-bond donors (Lipinski definition) is 2. The van der Waals surface area contributed by atoms with Gasteiger partial charge in [-0.3, -0.25) is 9.97 Å². The van der Waals surface area contributed by atoms with Gasteiger partial charge in [-0.1, -0.05) is 0 Å². The SMILES string of the molecule is CCC[CH2][Sn]([CH2]CCC)([CH2]CCC)[c]1ccc(C(F)(F)F)cn1.O=C(O)N1CCC(Nc2ncc(-c3ccc(C(F)(F)F)cn3)c3nccnc23)C1. The first-order valence-electron chi connectivity index (χ1n) is 17.6. The Morgan fingerprint density at radius 2 is 1.35 bits per heavy atom. The van der Waals surface area contributed by atoms with Crippen molar-refractivity contribution >= 4 is 45.0 Å². The minimum atomic E-state index is -4.47. The molecule has 16 heteroatoms. The first kappa shape index (κ1) is 41.0. The van der Waals surface area contributed by atoms with Crippen molar-refractivity contribution in [2.75, 3.05) is 18.4 Å². The quantitative estimate of drug-likeness (QED) is 0.101. The van der Waals surface area contributed by atoms with Crippen LogP contribution in [0.5, 0.6) is 0 Å². The summed E-state index contributed by atoms with van der Waals surface area (Å²) in [5, 5.41) is 12.3. The Bertz CT molecular complexity index is 1720. The third-order valence-electron chi connectivity index (χ3n) is 9.33. The number of aromatic nitrogens is 5. The predicted octanol–water partition coefficient (Wildman–Crippen LogP) is 9.43. The average Bonchev–Trinajstić information content (AvgIpc) is 3.60. The molecule has 1 amide bonds. The molecule has 0 aromatic carbocycles. The number of rotatable bonds is 13. The molecule has 0 aliphatic carbocycles. The van der Waals surface area contributed by atoms with Crippen molar-refractivity contribution < 1.29 is 36.2 Å². The summed E-state index contributed by atoms with van der Waals surface area (Å²) in [4.78, 5) is 33.6. The van der Waals surface area contributed by atoms with Crippen LogP contribution in [0.25, 0.3) is 22.3 Å². The molecule has 9 nitrogen and oxygen atoms in total. The molecule has 5 rings (SSSR count). The van der Waals surface area contributed by atoms with E-state index in [1.807, 2.05) is 0 Å². The van der Waals surface area contributed by atoms with Gasteiger partial charge in [0.25, 0.3) is 0 Å². The van der Waals surface area contributed by atoms with Crippen LogP contribution in [0.15, 0.2) is 55.2 Å². The Morgan fingerprint density at radius 3 is 1.81 bits per heavy atom. The van der Waals surface area contributed by atoms with Crippen molar-refractivity contribution in [2.24, 2.45) is 0 Å². The smallest absolute Gasteiger partial charge is 0.417 e. The van der Waals surface area contributed by atoms with E-state index < -0.39 is 47.9 Å². The van der Waals surface area contributed by atoms with Gasteiger partial charge in [0.2, 0.25) is 0 Å². The van der Waals surface area contributed by atoms with E-state index in [-0.39, 0.29) is 6.04 Å². The van der Waals surface area contributed by atoms with E-state index in [0.717, 1.165) is 41.4 Å². The summed E-state index contributed by atoms with van der Waals surface area (Å²) >= 11 is -2.68. The van der Waals surface area contributed by atoms with E-state index in [1.54, 1.807) is 6.07 Å². The maximum Gasteiger partial charge on any atom is 0.417 e.